The molecule has 0 bridgehead atoms. The summed E-state index contributed by atoms with van der Waals surface area (Å²) in [6.07, 6.45) is 0. The molecule has 0 saturated heterocycles. The molecule has 0 nitrogen and oxygen atoms in total. The molecular formula is C49H44. The van der Waals surface area contributed by atoms with E-state index in [1.807, 2.05) is 0 Å². The third-order valence-corrected chi connectivity index (χ3v) is 9.66. The van der Waals surface area contributed by atoms with E-state index >= 15 is 0 Å². The second-order valence-electron chi connectivity index (χ2n) is 14.3. The van der Waals surface area contributed by atoms with Crippen LogP contribution in [0, 0.1) is 0 Å². The highest BCUT2D eigenvalue weighted by Crippen LogP contribution is 2.55. The van der Waals surface area contributed by atoms with E-state index in [4.69, 9.17) is 0 Å². The molecule has 49 heavy (non-hydrogen) atoms. The predicted molar refractivity (Wildman–Crippen MR) is 212 cm³/mol. The molecule has 0 heterocycles. The molecule has 0 heteroatoms. The fraction of sp³-hybridized carbons (Fsp3) is 0.143. The molecule has 0 N–H and O–H groups in total. The number of rotatable bonds is 7. The molecule has 0 aliphatic heterocycles. The summed E-state index contributed by atoms with van der Waals surface area (Å²) in [6.45, 7) is 11.4. The third kappa shape index (κ3) is 6.40. The molecule has 7 rings (SSSR count). The summed E-state index contributed by atoms with van der Waals surface area (Å²) in [5.74, 6) is 0.451. The van der Waals surface area contributed by atoms with Crippen molar-refractivity contribution in [1.82, 2.24) is 0 Å². The lowest BCUT2D eigenvalue weighted by Gasteiger charge is -2.29. The first-order valence-corrected chi connectivity index (χ1v) is 17.5. The van der Waals surface area contributed by atoms with Crippen LogP contribution < -0.4 is 0 Å². The molecule has 0 aliphatic carbocycles. The van der Waals surface area contributed by atoms with Gasteiger partial charge in [-0.25, -0.2) is 0 Å². The highest BCUT2D eigenvalue weighted by atomic mass is 14.3. The Kier molecular flexibility index (Phi) is 8.89. The number of hydrogen-bond donors (Lipinski definition) is 0. The Morgan fingerprint density at radius 2 is 0.551 bits per heavy atom. The van der Waals surface area contributed by atoms with Crippen LogP contribution in [0.4, 0.5) is 0 Å². The maximum atomic E-state index is 2.35. The normalized spacial score (nSPS) is 11.6. The zero-order valence-electron chi connectivity index (χ0n) is 29.2. The average Bonchev–Trinajstić information content (AvgIpc) is 3.15. The van der Waals surface area contributed by atoms with E-state index in [0.29, 0.717) is 5.92 Å². The second kappa shape index (κ2) is 13.6. The van der Waals surface area contributed by atoms with Crippen molar-refractivity contribution in [2.75, 3.05) is 0 Å². The topological polar surface area (TPSA) is 0 Å². The molecule has 0 amide bonds. The van der Waals surface area contributed by atoms with Gasteiger partial charge in [0.2, 0.25) is 0 Å². The average molecular weight is 633 g/mol. The van der Waals surface area contributed by atoms with Gasteiger partial charge in [0.25, 0.3) is 0 Å². The van der Waals surface area contributed by atoms with Gasteiger partial charge < -0.3 is 0 Å². The Morgan fingerprint density at radius 1 is 0.306 bits per heavy atom. The highest BCUT2D eigenvalue weighted by Gasteiger charge is 2.29. The minimum Gasteiger partial charge on any atom is -0.0622 e. The van der Waals surface area contributed by atoms with Gasteiger partial charge in [-0.15, -0.1) is 0 Å². The molecule has 0 spiro atoms. The molecule has 0 fully saturated rings. The second-order valence-corrected chi connectivity index (χ2v) is 14.3. The summed E-state index contributed by atoms with van der Waals surface area (Å²) >= 11 is 0. The van der Waals surface area contributed by atoms with E-state index in [0.717, 1.165) is 0 Å². The third-order valence-electron chi connectivity index (χ3n) is 9.66. The summed E-state index contributed by atoms with van der Waals surface area (Å²) in [7, 11) is 0. The van der Waals surface area contributed by atoms with E-state index < -0.39 is 0 Å². The van der Waals surface area contributed by atoms with Crippen LogP contribution in [0.2, 0.25) is 0 Å². The minimum absolute atomic E-state index is 0.0534. The zero-order valence-corrected chi connectivity index (χ0v) is 29.2. The lowest BCUT2D eigenvalue weighted by molar-refractivity contribution is 0.590. The SMILES string of the molecule is CC(C)c1ccc(-c2c(-c3ccccc3)c(-c3ccccc3)c(-c3ccccc3)c(-c3ccccc3)c2-c2ccc(C(C)(C)C)cc2)cc1. The van der Waals surface area contributed by atoms with Crippen molar-refractivity contribution in [1.29, 1.82) is 0 Å². The van der Waals surface area contributed by atoms with E-state index in [2.05, 4.69) is 204 Å². The van der Waals surface area contributed by atoms with Gasteiger partial charge in [-0.3, -0.25) is 0 Å². The van der Waals surface area contributed by atoms with Crippen LogP contribution in [-0.2, 0) is 5.41 Å². The molecule has 0 aliphatic rings. The predicted octanol–water partition coefficient (Wildman–Crippen LogP) is 14.1. The first-order valence-electron chi connectivity index (χ1n) is 17.5. The zero-order chi connectivity index (χ0) is 34.0. The van der Waals surface area contributed by atoms with Crippen LogP contribution in [0.5, 0.6) is 0 Å². The van der Waals surface area contributed by atoms with Crippen LogP contribution in [0.3, 0.4) is 0 Å². The van der Waals surface area contributed by atoms with Crippen LogP contribution in [-0.4, -0.2) is 0 Å². The molecule has 0 unspecified atom stereocenters. The van der Waals surface area contributed by atoms with Crippen molar-refractivity contribution < 1.29 is 0 Å². The van der Waals surface area contributed by atoms with Gasteiger partial charge in [-0.1, -0.05) is 204 Å². The number of hydrogen-bond acceptors (Lipinski definition) is 0. The van der Waals surface area contributed by atoms with Crippen LogP contribution in [0.1, 0.15) is 51.7 Å². The summed E-state index contributed by atoms with van der Waals surface area (Å²) in [4.78, 5) is 0. The molecule has 240 valence electrons. The summed E-state index contributed by atoms with van der Waals surface area (Å²) in [6, 6.07) is 62.6. The molecule has 0 saturated carbocycles. The van der Waals surface area contributed by atoms with E-state index in [-0.39, 0.29) is 5.41 Å². The lowest BCUT2D eigenvalue weighted by atomic mass is 9.74. The number of benzene rings is 7. The Hall–Kier alpha value is -5.46. The lowest BCUT2D eigenvalue weighted by Crippen LogP contribution is -2.10. The maximum Gasteiger partial charge on any atom is -0.00139 e. The van der Waals surface area contributed by atoms with Crippen LogP contribution >= 0.6 is 0 Å². The van der Waals surface area contributed by atoms with Crippen molar-refractivity contribution in [3.8, 4) is 66.8 Å². The van der Waals surface area contributed by atoms with Gasteiger partial charge in [-0.2, -0.15) is 0 Å². The Labute approximate surface area is 292 Å². The van der Waals surface area contributed by atoms with Gasteiger partial charge >= 0.3 is 0 Å². The minimum atomic E-state index is 0.0534. The quantitative estimate of drug-likeness (QED) is 0.164. The summed E-state index contributed by atoms with van der Waals surface area (Å²) < 4.78 is 0. The van der Waals surface area contributed by atoms with Gasteiger partial charge in [0, 0.05) is 0 Å². The standard InChI is InChI=1S/C49H44/c1-34(2)35-26-28-40(29-27-35)47-45(38-22-14-8-15-23-38)43(36-18-10-6-11-19-36)44(37-20-12-7-13-21-37)46(39-24-16-9-17-25-39)48(47)41-30-32-42(33-31-41)49(3,4)5/h6-34H,1-5H3. The summed E-state index contributed by atoms with van der Waals surface area (Å²) in [5, 5.41) is 0. The van der Waals surface area contributed by atoms with Crippen molar-refractivity contribution in [3.63, 3.8) is 0 Å². The van der Waals surface area contributed by atoms with Gasteiger partial charge in [-0.05, 0) is 89.2 Å². The van der Waals surface area contributed by atoms with E-state index in [1.54, 1.807) is 0 Å². The van der Waals surface area contributed by atoms with Crippen molar-refractivity contribution >= 4 is 0 Å². The van der Waals surface area contributed by atoms with E-state index in [1.165, 1.54) is 77.9 Å². The first kappa shape index (κ1) is 32.1. The van der Waals surface area contributed by atoms with Crippen molar-refractivity contribution in [2.24, 2.45) is 0 Å². The monoisotopic (exact) mass is 632 g/mol. The fourth-order valence-electron chi connectivity index (χ4n) is 7.07. The largest absolute Gasteiger partial charge is 0.0622 e. The Morgan fingerprint density at radius 3 is 0.796 bits per heavy atom. The molecule has 0 atom stereocenters. The first-order chi connectivity index (χ1) is 23.8. The van der Waals surface area contributed by atoms with E-state index in [9.17, 15) is 0 Å². The Bertz CT molecular complexity index is 2150. The molecular weight excluding hydrogens is 589 g/mol. The van der Waals surface area contributed by atoms with Gasteiger partial charge in [0.05, 0.1) is 0 Å². The molecule has 7 aromatic rings. The molecule has 7 aromatic carbocycles. The Balaban J connectivity index is 1.76. The summed E-state index contributed by atoms with van der Waals surface area (Å²) in [5.41, 5.74) is 17.4. The molecule has 0 radical (unpaired) electrons. The highest BCUT2D eigenvalue weighted by molar-refractivity contribution is 6.15. The van der Waals surface area contributed by atoms with Crippen molar-refractivity contribution in [2.45, 2.75) is 46.0 Å². The van der Waals surface area contributed by atoms with Gasteiger partial charge in [0.15, 0.2) is 0 Å². The van der Waals surface area contributed by atoms with Gasteiger partial charge in [0.1, 0.15) is 0 Å². The van der Waals surface area contributed by atoms with Crippen molar-refractivity contribution in [3.05, 3.63) is 181 Å². The van der Waals surface area contributed by atoms with Crippen LogP contribution in [0.15, 0.2) is 170 Å². The van der Waals surface area contributed by atoms with Crippen LogP contribution in [0.25, 0.3) is 66.8 Å². The molecule has 0 aromatic heterocycles. The smallest absolute Gasteiger partial charge is 0.00139 e. The fourth-order valence-corrected chi connectivity index (χ4v) is 7.07. The maximum absolute atomic E-state index is 2.35.